The molecule has 0 bridgehead atoms. The van der Waals surface area contributed by atoms with Crippen molar-refractivity contribution in [2.75, 3.05) is 0 Å². The number of carbonyl (C=O) groups is 4. The maximum absolute atomic E-state index is 14.0. The van der Waals surface area contributed by atoms with E-state index in [0.29, 0.717) is 11.1 Å². The van der Waals surface area contributed by atoms with Gasteiger partial charge >= 0.3 is 5.97 Å². The fourth-order valence-electron chi connectivity index (χ4n) is 3.58. The molecule has 0 fully saturated rings. The largest absolute Gasteiger partial charge is 0.478 e. The quantitative estimate of drug-likeness (QED) is 0.671. The molecule has 34 heavy (non-hydrogen) atoms. The minimum absolute atomic E-state index is 0.0691. The van der Waals surface area contributed by atoms with E-state index in [1.807, 2.05) is 0 Å². The normalized spacial score (nSPS) is 17.4. The van der Waals surface area contributed by atoms with Crippen molar-refractivity contribution in [1.82, 2.24) is 0 Å². The number of halogens is 2. The summed E-state index contributed by atoms with van der Waals surface area (Å²) >= 11 is 0. The second-order valence-electron chi connectivity index (χ2n) is 7.35. The standard InChI is InChI=1S/C26H14F2O6/c27-19-6-16(5-18(8-19)26(32)33)22-10-14(1-3-24(22)30)15-2-4-25(31)23(11-15)17-7-20(28)12-21(9-17)34-13-29/h1-13H,(H,32,33). The van der Waals surface area contributed by atoms with E-state index < -0.39 is 29.2 Å². The number of benzene rings is 2. The van der Waals surface area contributed by atoms with Gasteiger partial charge in [0.15, 0.2) is 11.6 Å². The Morgan fingerprint density at radius 1 is 0.765 bits per heavy atom. The van der Waals surface area contributed by atoms with Gasteiger partial charge in [-0.25, -0.2) is 13.6 Å². The Morgan fingerprint density at radius 3 is 1.82 bits per heavy atom. The van der Waals surface area contributed by atoms with Gasteiger partial charge in [0.05, 0.1) is 5.56 Å². The van der Waals surface area contributed by atoms with Gasteiger partial charge in [-0.2, -0.15) is 0 Å². The van der Waals surface area contributed by atoms with Crippen LogP contribution in [0.5, 0.6) is 5.75 Å². The predicted octanol–water partition coefficient (Wildman–Crippen LogP) is 4.24. The predicted molar refractivity (Wildman–Crippen MR) is 118 cm³/mol. The Labute approximate surface area is 191 Å². The lowest BCUT2D eigenvalue weighted by Crippen LogP contribution is -2.08. The van der Waals surface area contributed by atoms with Gasteiger partial charge in [0, 0.05) is 17.2 Å². The average molecular weight is 460 g/mol. The molecule has 0 radical (unpaired) electrons. The van der Waals surface area contributed by atoms with Crippen molar-refractivity contribution in [2.24, 2.45) is 0 Å². The van der Waals surface area contributed by atoms with Gasteiger partial charge in [-0.1, -0.05) is 12.2 Å². The SMILES string of the molecule is O=COc1cc(F)cc(C2=CC(=C3C=CC(=O)C(c4cc(F)cc(C(=O)O)c4)=C3)C=CC2=O)c1. The van der Waals surface area contributed by atoms with Crippen LogP contribution in [0.1, 0.15) is 21.5 Å². The lowest BCUT2D eigenvalue weighted by molar-refractivity contribution is -0.120. The third-order valence-electron chi connectivity index (χ3n) is 5.11. The average Bonchev–Trinajstić information content (AvgIpc) is 2.79. The highest BCUT2D eigenvalue weighted by atomic mass is 19.1. The summed E-state index contributed by atoms with van der Waals surface area (Å²) in [5.74, 6) is -3.80. The molecule has 0 saturated heterocycles. The Hall–Kier alpha value is -4.72. The zero-order valence-corrected chi connectivity index (χ0v) is 17.2. The Balaban J connectivity index is 1.82. The minimum atomic E-state index is -1.34. The van der Waals surface area contributed by atoms with Crippen molar-refractivity contribution in [3.8, 4) is 5.75 Å². The summed E-state index contributed by atoms with van der Waals surface area (Å²) in [6.45, 7) is 0.140. The highest BCUT2D eigenvalue weighted by Crippen LogP contribution is 2.31. The third-order valence-corrected chi connectivity index (χ3v) is 5.11. The zero-order valence-electron chi connectivity index (χ0n) is 17.2. The van der Waals surface area contributed by atoms with Crippen molar-refractivity contribution in [3.63, 3.8) is 0 Å². The van der Waals surface area contributed by atoms with E-state index in [0.717, 1.165) is 24.3 Å². The van der Waals surface area contributed by atoms with E-state index in [-0.39, 0.29) is 40.1 Å². The summed E-state index contributed by atoms with van der Waals surface area (Å²) in [4.78, 5) is 46.8. The molecule has 0 aromatic heterocycles. The third kappa shape index (κ3) is 4.56. The molecule has 2 aromatic rings. The van der Waals surface area contributed by atoms with Crippen LogP contribution < -0.4 is 4.74 Å². The first-order valence-corrected chi connectivity index (χ1v) is 9.83. The van der Waals surface area contributed by atoms with Gasteiger partial charge in [0.25, 0.3) is 6.47 Å². The number of carbonyl (C=O) groups excluding carboxylic acids is 3. The molecule has 8 heteroatoms. The minimum Gasteiger partial charge on any atom is -0.478 e. The van der Waals surface area contributed by atoms with E-state index >= 15 is 0 Å². The molecule has 2 aromatic carbocycles. The zero-order chi connectivity index (χ0) is 24.4. The number of hydrogen-bond donors (Lipinski definition) is 1. The number of aromatic carboxylic acids is 1. The number of carboxylic acids is 1. The van der Waals surface area contributed by atoms with Crippen molar-refractivity contribution in [2.45, 2.75) is 0 Å². The monoisotopic (exact) mass is 460 g/mol. The highest BCUT2D eigenvalue weighted by molar-refractivity contribution is 6.29. The van der Waals surface area contributed by atoms with Crippen LogP contribution in [0.2, 0.25) is 0 Å². The van der Waals surface area contributed by atoms with E-state index in [1.54, 1.807) is 0 Å². The van der Waals surface area contributed by atoms with Gasteiger partial charge in [0.2, 0.25) is 0 Å². The van der Waals surface area contributed by atoms with E-state index in [1.165, 1.54) is 48.6 Å². The molecule has 0 aliphatic heterocycles. The fourth-order valence-corrected chi connectivity index (χ4v) is 3.58. The van der Waals surface area contributed by atoms with Crippen LogP contribution in [-0.2, 0) is 14.4 Å². The van der Waals surface area contributed by atoms with Crippen LogP contribution in [0.25, 0.3) is 11.1 Å². The highest BCUT2D eigenvalue weighted by Gasteiger charge is 2.21. The Morgan fingerprint density at radius 2 is 1.29 bits per heavy atom. The van der Waals surface area contributed by atoms with Crippen molar-refractivity contribution in [3.05, 3.63) is 112 Å². The van der Waals surface area contributed by atoms with Crippen molar-refractivity contribution < 1.29 is 37.8 Å². The first-order chi connectivity index (χ1) is 16.2. The van der Waals surface area contributed by atoms with Crippen LogP contribution in [0.15, 0.2) is 84.0 Å². The summed E-state index contributed by atoms with van der Waals surface area (Å²) in [6, 6.07) is 6.55. The number of carboxylic acid groups (broad SMARTS) is 1. The van der Waals surface area contributed by atoms with Crippen LogP contribution in [0, 0.1) is 11.6 Å². The molecule has 2 aliphatic rings. The number of ether oxygens (including phenoxy) is 1. The molecule has 0 spiro atoms. The lowest BCUT2D eigenvalue weighted by atomic mass is 9.88. The molecule has 2 aliphatic carbocycles. The topological polar surface area (TPSA) is 97.7 Å². The van der Waals surface area contributed by atoms with Gasteiger partial charge in [-0.05, 0) is 76.9 Å². The smallest absolute Gasteiger partial charge is 0.335 e. The maximum atomic E-state index is 14.0. The van der Waals surface area contributed by atoms with Crippen molar-refractivity contribution in [1.29, 1.82) is 0 Å². The van der Waals surface area contributed by atoms with E-state index in [9.17, 15) is 33.1 Å². The van der Waals surface area contributed by atoms with Gasteiger partial charge in [-0.15, -0.1) is 0 Å². The van der Waals surface area contributed by atoms with Crippen molar-refractivity contribution >= 4 is 35.2 Å². The number of allylic oxidation sites excluding steroid dienone is 10. The summed E-state index contributed by atoms with van der Waals surface area (Å²) in [5, 5.41) is 9.19. The van der Waals surface area contributed by atoms with Crippen LogP contribution in [-0.4, -0.2) is 29.1 Å². The number of ketones is 2. The molecule has 4 rings (SSSR count). The fraction of sp³-hybridized carbons (Fsp3) is 0. The molecule has 0 heterocycles. The number of rotatable bonds is 5. The summed E-state index contributed by atoms with van der Waals surface area (Å²) in [5.41, 5.74) is 1.13. The summed E-state index contributed by atoms with van der Waals surface area (Å²) < 4.78 is 32.7. The van der Waals surface area contributed by atoms with Gasteiger partial charge in [-0.3, -0.25) is 14.4 Å². The first kappa shape index (κ1) is 22.5. The van der Waals surface area contributed by atoms with Gasteiger partial charge < -0.3 is 9.84 Å². The second-order valence-corrected chi connectivity index (χ2v) is 7.35. The Bertz CT molecular complexity index is 1420. The second kappa shape index (κ2) is 9.03. The molecule has 6 nitrogen and oxygen atoms in total. The molecule has 0 saturated carbocycles. The molecule has 1 N–H and O–H groups in total. The van der Waals surface area contributed by atoms with E-state index in [2.05, 4.69) is 4.74 Å². The van der Waals surface area contributed by atoms with Crippen LogP contribution in [0.4, 0.5) is 8.78 Å². The molecular formula is C26H14F2O6. The maximum Gasteiger partial charge on any atom is 0.335 e. The molecular weight excluding hydrogens is 446 g/mol. The molecule has 0 atom stereocenters. The van der Waals surface area contributed by atoms with Crippen LogP contribution in [0.3, 0.4) is 0 Å². The summed E-state index contributed by atoms with van der Waals surface area (Å²) in [6.07, 6.45) is 8.47. The molecule has 0 amide bonds. The number of hydrogen-bond acceptors (Lipinski definition) is 5. The molecule has 0 unspecified atom stereocenters. The van der Waals surface area contributed by atoms with E-state index in [4.69, 9.17) is 0 Å². The summed E-state index contributed by atoms with van der Waals surface area (Å²) in [7, 11) is 0. The Kier molecular flexibility index (Phi) is 5.97. The lowest BCUT2D eigenvalue weighted by Gasteiger charge is -2.15. The van der Waals surface area contributed by atoms with Crippen LogP contribution >= 0.6 is 0 Å². The molecule has 168 valence electrons. The van der Waals surface area contributed by atoms with Gasteiger partial charge in [0.1, 0.15) is 17.4 Å². The first-order valence-electron chi connectivity index (χ1n) is 9.83.